The average Bonchev–Trinajstić information content (AvgIpc) is 2.64. The molecule has 116 valence electrons. The lowest BCUT2D eigenvalue weighted by molar-refractivity contribution is 0.0381. The second kappa shape index (κ2) is 6.30. The second-order valence-electron chi connectivity index (χ2n) is 5.72. The van der Waals surface area contributed by atoms with E-state index in [9.17, 15) is 14.3 Å². The van der Waals surface area contributed by atoms with Crippen LogP contribution in [0.25, 0.3) is 0 Å². The van der Waals surface area contributed by atoms with Gasteiger partial charge in [-0.25, -0.2) is 9.18 Å². The average molecular weight is 296 g/mol. The predicted octanol–water partition coefficient (Wildman–Crippen LogP) is 2.60. The largest absolute Gasteiger partial charge is 0.478 e. The quantitative estimate of drug-likeness (QED) is 0.506. The third kappa shape index (κ3) is 3.85. The molecule has 0 atom stereocenters. The number of carbonyl (C=O) groups is 1. The molecule has 1 saturated carbocycles. The lowest BCUT2D eigenvalue weighted by atomic mass is 9.94. The number of carboxylic acids is 1. The van der Waals surface area contributed by atoms with E-state index < -0.39 is 23.0 Å². The molecule has 1 aromatic rings. The minimum Gasteiger partial charge on any atom is -0.478 e. The summed E-state index contributed by atoms with van der Waals surface area (Å²) < 4.78 is 13.7. The van der Waals surface area contributed by atoms with Crippen molar-refractivity contribution in [2.75, 3.05) is 17.6 Å². The molecule has 21 heavy (non-hydrogen) atoms. The van der Waals surface area contributed by atoms with Crippen molar-refractivity contribution >= 4 is 17.3 Å². The first-order valence-corrected chi connectivity index (χ1v) is 7.20. The summed E-state index contributed by atoms with van der Waals surface area (Å²) in [5.74, 6) is -2.19. The summed E-state index contributed by atoms with van der Waals surface area (Å²) in [4.78, 5) is 10.8. The van der Waals surface area contributed by atoms with Crippen LogP contribution in [0, 0.1) is 5.82 Å². The van der Waals surface area contributed by atoms with Crippen LogP contribution in [0.5, 0.6) is 0 Å². The van der Waals surface area contributed by atoms with Gasteiger partial charge in [0.2, 0.25) is 0 Å². The fourth-order valence-electron chi connectivity index (χ4n) is 2.73. The van der Waals surface area contributed by atoms with Crippen LogP contribution in [0.15, 0.2) is 12.1 Å². The van der Waals surface area contributed by atoms with E-state index in [0.29, 0.717) is 18.5 Å². The number of anilines is 2. The second-order valence-corrected chi connectivity index (χ2v) is 5.72. The van der Waals surface area contributed by atoms with Crippen molar-refractivity contribution in [2.24, 2.45) is 0 Å². The van der Waals surface area contributed by atoms with Crippen LogP contribution in [-0.4, -0.2) is 28.3 Å². The van der Waals surface area contributed by atoms with Crippen molar-refractivity contribution in [3.8, 4) is 0 Å². The van der Waals surface area contributed by atoms with Crippen molar-refractivity contribution < 1.29 is 19.4 Å². The molecule has 0 amide bonds. The van der Waals surface area contributed by atoms with Gasteiger partial charge in [-0.1, -0.05) is 25.7 Å². The first-order valence-electron chi connectivity index (χ1n) is 7.20. The zero-order valence-corrected chi connectivity index (χ0v) is 11.9. The zero-order valence-electron chi connectivity index (χ0n) is 11.9. The molecular formula is C15H21FN2O3. The lowest BCUT2D eigenvalue weighted by Gasteiger charge is -2.27. The molecular weight excluding hydrogens is 275 g/mol. The van der Waals surface area contributed by atoms with E-state index in [1.807, 2.05) is 0 Å². The number of aromatic carboxylic acids is 1. The van der Waals surface area contributed by atoms with Crippen LogP contribution in [-0.2, 0) is 0 Å². The topological polar surface area (TPSA) is 95.6 Å². The maximum atomic E-state index is 13.7. The summed E-state index contributed by atoms with van der Waals surface area (Å²) in [6.45, 7) is 0.281. The summed E-state index contributed by atoms with van der Waals surface area (Å²) in [5.41, 5.74) is 4.95. The molecule has 2 rings (SSSR count). The molecule has 1 aliphatic rings. The molecule has 0 aromatic heterocycles. The Morgan fingerprint density at radius 1 is 1.29 bits per heavy atom. The molecule has 0 unspecified atom stereocenters. The van der Waals surface area contributed by atoms with Crippen LogP contribution < -0.4 is 11.1 Å². The fraction of sp³-hybridized carbons (Fsp3) is 0.533. The number of nitrogens with two attached hydrogens (primary N) is 1. The Morgan fingerprint density at radius 2 is 1.90 bits per heavy atom. The third-order valence-corrected chi connectivity index (χ3v) is 4.01. The highest BCUT2D eigenvalue weighted by Crippen LogP contribution is 2.29. The third-order valence-electron chi connectivity index (χ3n) is 4.01. The van der Waals surface area contributed by atoms with E-state index in [-0.39, 0.29) is 12.2 Å². The number of aliphatic hydroxyl groups is 1. The minimum atomic E-state index is -1.35. The number of rotatable bonds is 4. The Morgan fingerprint density at radius 3 is 2.48 bits per heavy atom. The van der Waals surface area contributed by atoms with Crippen molar-refractivity contribution in [3.05, 3.63) is 23.5 Å². The lowest BCUT2D eigenvalue weighted by Crippen LogP contribution is -2.36. The molecule has 1 aliphatic carbocycles. The number of hydrogen-bond donors (Lipinski definition) is 4. The number of benzene rings is 1. The Balaban J connectivity index is 2.09. The molecule has 0 saturated heterocycles. The van der Waals surface area contributed by atoms with Gasteiger partial charge in [-0.05, 0) is 25.0 Å². The first kappa shape index (κ1) is 15.6. The van der Waals surface area contributed by atoms with Crippen LogP contribution in [0.3, 0.4) is 0 Å². The Hall–Kier alpha value is -1.82. The molecule has 1 aromatic carbocycles. The fourth-order valence-corrected chi connectivity index (χ4v) is 2.73. The molecule has 0 aliphatic heterocycles. The highest BCUT2D eigenvalue weighted by molar-refractivity contribution is 5.90. The molecule has 5 nitrogen and oxygen atoms in total. The first-order chi connectivity index (χ1) is 9.91. The van der Waals surface area contributed by atoms with E-state index in [2.05, 4.69) is 5.32 Å². The van der Waals surface area contributed by atoms with Gasteiger partial charge in [0.15, 0.2) is 0 Å². The van der Waals surface area contributed by atoms with Gasteiger partial charge in [0.05, 0.1) is 22.5 Å². The van der Waals surface area contributed by atoms with Crippen LogP contribution in [0.2, 0.25) is 0 Å². The highest BCUT2D eigenvalue weighted by atomic mass is 19.1. The number of carboxylic acid groups (broad SMARTS) is 1. The molecule has 0 heterocycles. The summed E-state index contributed by atoms with van der Waals surface area (Å²) in [5, 5.41) is 22.3. The van der Waals surface area contributed by atoms with Crippen molar-refractivity contribution in [1.82, 2.24) is 0 Å². The van der Waals surface area contributed by atoms with E-state index >= 15 is 0 Å². The number of halogens is 1. The molecule has 1 fully saturated rings. The summed E-state index contributed by atoms with van der Waals surface area (Å²) in [6.07, 6.45) is 5.59. The van der Waals surface area contributed by atoms with Crippen LogP contribution in [0.1, 0.15) is 48.9 Å². The number of hydrogen-bond acceptors (Lipinski definition) is 4. The minimum absolute atomic E-state index is 0.158. The summed E-state index contributed by atoms with van der Waals surface area (Å²) in [6, 6.07) is 2.16. The van der Waals surface area contributed by atoms with E-state index in [0.717, 1.165) is 37.8 Å². The van der Waals surface area contributed by atoms with Gasteiger partial charge in [-0.2, -0.15) is 0 Å². The summed E-state index contributed by atoms with van der Waals surface area (Å²) in [7, 11) is 0. The van der Waals surface area contributed by atoms with Gasteiger partial charge in [0, 0.05) is 6.54 Å². The Kier molecular flexibility index (Phi) is 4.67. The zero-order chi connectivity index (χ0) is 15.5. The number of nitrogen functional groups attached to an aromatic ring is 1. The highest BCUT2D eigenvalue weighted by Gasteiger charge is 2.28. The van der Waals surface area contributed by atoms with Gasteiger partial charge >= 0.3 is 5.97 Å². The normalized spacial score (nSPS) is 18.0. The standard InChI is InChI=1S/C15H21FN2O3/c16-11-8-13(12(17)7-10(11)14(19)20)18-9-15(21)5-3-1-2-4-6-15/h7-8,18,21H,1-6,9,17H2,(H,19,20). The molecule has 0 bridgehead atoms. The van der Waals surface area contributed by atoms with E-state index in [1.165, 1.54) is 0 Å². The maximum absolute atomic E-state index is 13.7. The van der Waals surface area contributed by atoms with Crippen LogP contribution in [0.4, 0.5) is 15.8 Å². The molecule has 5 N–H and O–H groups in total. The Labute approximate surface area is 123 Å². The Bertz CT molecular complexity index is 526. The summed E-state index contributed by atoms with van der Waals surface area (Å²) >= 11 is 0. The maximum Gasteiger partial charge on any atom is 0.338 e. The molecule has 0 spiro atoms. The monoisotopic (exact) mass is 296 g/mol. The predicted molar refractivity (Wildman–Crippen MR) is 78.9 cm³/mol. The van der Waals surface area contributed by atoms with Gasteiger partial charge in [-0.3, -0.25) is 0 Å². The van der Waals surface area contributed by atoms with Gasteiger partial charge in [0.1, 0.15) is 5.82 Å². The van der Waals surface area contributed by atoms with Crippen molar-refractivity contribution in [3.63, 3.8) is 0 Å². The molecule has 0 radical (unpaired) electrons. The van der Waals surface area contributed by atoms with Crippen molar-refractivity contribution in [1.29, 1.82) is 0 Å². The van der Waals surface area contributed by atoms with E-state index in [1.54, 1.807) is 0 Å². The van der Waals surface area contributed by atoms with E-state index in [4.69, 9.17) is 10.8 Å². The van der Waals surface area contributed by atoms with Gasteiger partial charge in [-0.15, -0.1) is 0 Å². The van der Waals surface area contributed by atoms with Gasteiger partial charge in [0.25, 0.3) is 0 Å². The smallest absolute Gasteiger partial charge is 0.338 e. The molecule has 6 heteroatoms. The number of nitrogens with one attached hydrogen (secondary N) is 1. The van der Waals surface area contributed by atoms with Gasteiger partial charge < -0.3 is 21.3 Å². The van der Waals surface area contributed by atoms with Crippen molar-refractivity contribution in [2.45, 2.75) is 44.1 Å². The van der Waals surface area contributed by atoms with Crippen LogP contribution >= 0.6 is 0 Å². The SMILES string of the molecule is Nc1cc(C(=O)O)c(F)cc1NCC1(O)CCCCCC1.